The van der Waals surface area contributed by atoms with Gasteiger partial charge in [-0.2, -0.15) is 0 Å². The molecule has 0 fully saturated rings. The molecule has 0 aromatic heterocycles. The molecule has 172 valence electrons. The Morgan fingerprint density at radius 3 is 2.27 bits per heavy atom. The molecule has 0 aliphatic heterocycles. The molecular weight excluding hydrogens is 474 g/mol. The predicted molar refractivity (Wildman–Crippen MR) is 145 cm³/mol. The lowest BCUT2D eigenvalue weighted by atomic mass is 10.1. The zero-order valence-electron chi connectivity index (χ0n) is 17.8. The molecule has 1 rings (SSSR count). The smallest absolute Gasteiger partial charge is 0.252 e. The highest BCUT2D eigenvalue weighted by Crippen LogP contribution is 2.15. The fourth-order valence-corrected chi connectivity index (χ4v) is 4.71. The molecule has 0 radical (unpaired) electrons. The maximum atomic E-state index is 12.6. The number of ether oxygens (including phenoxy) is 2. The maximum absolute atomic E-state index is 12.6. The van der Waals surface area contributed by atoms with Crippen molar-refractivity contribution in [1.82, 2.24) is 5.32 Å². The van der Waals surface area contributed by atoms with Crippen LogP contribution in [0.3, 0.4) is 0 Å². The normalized spacial score (nSPS) is 12.2. The lowest BCUT2D eigenvalue weighted by molar-refractivity contribution is 0.0468. The lowest BCUT2D eigenvalue weighted by Crippen LogP contribution is -2.33. The molecule has 4 nitrogen and oxygen atoms in total. The zero-order valence-corrected chi connectivity index (χ0v) is 23.2. The molecule has 0 aliphatic carbocycles. The molecule has 30 heavy (non-hydrogen) atoms. The lowest BCUT2D eigenvalue weighted by Gasteiger charge is -2.14. The van der Waals surface area contributed by atoms with Crippen molar-refractivity contribution < 1.29 is 14.3 Å². The van der Waals surface area contributed by atoms with E-state index in [9.17, 15) is 4.79 Å². The number of nitrogens with one attached hydrogen (secondary N) is 1. The summed E-state index contributed by atoms with van der Waals surface area (Å²) in [5.41, 5.74) is 2.57. The van der Waals surface area contributed by atoms with Gasteiger partial charge in [0.05, 0.1) is 25.4 Å². The molecule has 0 bridgehead atoms. The summed E-state index contributed by atoms with van der Waals surface area (Å²) in [6.07, 6.45) is 7.67. The average molecular weight is 512 g/mol. The van der Waals surface area contributed by atoms with Gasteiger partial charge < -0.3 is 14.8 Å². The highest BCUT2D eigenvalue weighted by molar-refractivity contribution is 7.30. The van der Waals surface area contributed by atoms with Crippen molar-refractivity contribution in [1.29, 1.82) is 0 Å². The van der Waals surface area contributed by atoms with Gasteiger partial charge in [-0.15, -0.1) is 48.6 Å². The van der Waals surface area contributed by atoms with Crippen LogP contribution < -0.4 is 15.9 Å². The van der Waals surface area contributed by atoms with E-state index in [-0.39, 0.29) is 5.91 Å². The van der Waals surface area contributed by atoms with Crippen LogP contribution in [0.1, 0.15) is 48.0 Å². The fraction of sp³-hybridized carbons (Fsp3) is 0.667. The molecule has 0 saturated carbocycles. The highest BCUT2D eigenvalue weighted by atomic mass is 35.5. The van der Waals surface area contributed by atoms with Crippen LogP contribution in [0.25, 0.3) is 0 Å². The van der Waals surface area contributed by atoms with Crippen LogP contribution >= 0.6 is 48.6 Å². The van der Waals surface area contributed by atoms with E-state index in [0.717, 1.165) is 67.8 Å². The molecule has 0 heterocycles. The molecular formula is C21H38ClNO3P4. The molecule has 1 aromatic carbocycles. The second-order valence-electron chi connectivity index (χ2n) is 7.27. The van der Waals surface area contributed by atoms with Crippen LogP contribution in [-0.4, -0.2) is 56.6 Å². The fourth-order valence-electron chi connectivity index (χ4n) is 2.93. The number of hydrogen-bond acceptors (Lipinski definition) is 3. The summed E-state index contributed by atoms with van der Waals surface area (Å²) < 4.78 is 11.1. The van der Waals surface area contributed by atoms with Gasteiger partial charge in [0.1, 0.15) is 0 Å². The number of carbonyl (C=O) groups is 1. The number of unbranched alkanes of at least 4 members (excludes halogenated alkanes) is 3. The minimum Gasteiger partial charge on any atom is -0.379 e. The van der Waals surface area contributed by atoms with Crippen molar-refractivity contribution in [2.75, 3.05) is 45.0 Å². The summed E-state index contributed by atoms with van der Waals surface area (Å²) >= 11 is 5.65. The standard InChI is InChI=1S/C21H38ClNO3P4/c22-7-3-1-2-4-9-25-11-12-26-10-8-23-21(24)20-18(29)13-16(14-19(20)30)5-6-17(28)15-27/h13-14,17H,1-12,15,27-30H2,(H,23,24). The van der Waals surface area contributed by atoms with Crippen LogP contribution in [0.15, 0.2) is 12.1 Å². The number of carbonyl (C=O) groups excluding carboxylic acids is 1. The van der Waals surface area contributed by atoms with Crippen LogP contribution in [0.4, 0.5) is 0 Å². The average Bonchev–Trinajstić information content (AvgIpc) is 2.72. The van der Waals surface area contributed by atoms with E-state index >= 15 is 0 Å². The van der Waals surface area contributed by atoms with E-state index in [2.05, 4.69) is 54.4 Å². The third-order valence-corrected chi connectivity index (χ3v) is 7.60. The summed E-state index contributed by atoms with van der Waals surface area (Å²) in [7, 11) is 11.1. The van der Waals surface area contributed by atoms with E-state index < -0.39 is 0 Å². The molecule has 0 spiro atoms. The van der Waals surface area contributed by atoms with Crippen molar-refractivity contribution in [3.8, 4) is 0 Å². The third-order valence-electron chi connectivity index (χ3n) is 4.67. The van der Waals surface area contributed by atoms with E-state index in [1.54, 1.807) is 0 Å². The number of hydrogen-bond donors (Lipinski definition) is 1. The van der Waals surface area contributed by atoms with E-state index in [1.165, 1.54) is 5.56 Å². The Bertz CT molecular complexity index is 599. The molecule has 1 N–H and O–H groups in total. The number of benzene rings is 1. The molecule has 1 amide bonds. The van der Waals surface area contributed by atoms with Crippen molar-refractivity contribution in [3.05, 3.63) is 23.3 Å². The van der Waals surface area contributed by atoms with E-state index in [4.69, 9.17) is 21.1 Å². The SMILES string of the molecule is O=C(NCCOCCOCCCCCCCl)c1c(P)cc(CCC(P)CP)cc1P. The Hall–Kier alpha value is 0.620. The Balaban J connectivity index is 2.22. The third kappa shape index (κ3) is 12.6. The molecule has 5 unspecified atom stereocenters. The number of amides is 1. The van der Waals surface area contributed by atoms with E-state index in [0.29, 0.717) is 37.6 Å². The second kappa shape index (κ2) is 18.1. The van der Waals surface area contributed by atoms with Crippen LogP contribution in [0.2, 0.25) is 0 Å². The summed E-state index contributed by atoms with van der Waals surface area (Å²) in [5.74, 6) is 0.673. The first-order valence-electron chi connectivity index (χ1n) is 10.6. The van der Waals surface area contributed by atoms with Gasteiger partial charge >= 0.3 is 0 Å². The summed E-state index contributed by atoms with van der Waals surface area (Å²) in [4.78, 5) is 12.6. The topological polar surface area (TPSA) is 47.6 Å². The summed E-state index contributed by atoms with van der Waals surface area (Å²) in [6.45, 7) is 2.86. The summed E-state index contributed by atoms with van der Waals surface area (Å²) in [6, 6.07) is 4.19. The van der Waals surface area contributed by atoms with Gasteiger partial charge in [-0.3, -0.25) is 4.79 Å². The molecule has 0 aliphatic rings. The van der Waals surface area contributed by atoms with Gasteiger partial charge in [0.15, 0.2) is 0 Å². The van der Waals surface area contributed by atoms with Gasteiger partial charge in [-0.25, -0.2) is 0 Å². The van der Waals surface area contributed by atoms with Gasteiger partial charge in [0.25, 0.3) is 5.91 Å². The Morgan fingerprint density at radius 1 is 1.00 bits per heavy atom. The predicted octanol–water partition coefficient (Wildman–Crippen LogP) is 3.30. The second-order valence-corrected chi connectivity index (χ2v) is 10.3. The molecule has 9 heteroatoms. The number of rotatable bonds is 17. The van der Waals surface area contributed by atoms with Gasteiger partial charge in [0.2, 0.25) is 0 Å². The molecule has 5 atom stereocenters. The Morgan fingerprint density at radius 2 is 1.63 bits per heavy atom. The number of alkyl halides is 1. The Kier molecular flexibility index (Phi) is 17.3. The van der Waals surface area contributed by atoms with Crippen LogP contribution in [0.5, 0.6) is 0 Å². The highest BCUT2D eigenvalue weighted by Gasteiger charge is 2.14. The minimum atomic E-state index is -0.0674. The van der Waals surface area contributed by atoms with Gasteiger partial charge in [-0.05, 0) is 53.7 Å². The zero-order chi connectivity index (χ0) is 22.2. The first-order chi connectivity index (χ1) is 14.5. The molecule has 0 saturated heterocycles. The largest absolute Gasteiger partial charge is 0.379 e. The minimum absolute atomic E-state index is 0.0674. The first kappa shape index (κ1) is 28.7. The maximum Gasteiger partial charge on any atom is 0.252 e. The van der Waals surface area contributed by atoms with E-state index in [1.807, 2.05) is 0 Å². The van der Waals surface area contributed by atoms with Crippen molar-refractivity contribution in [2.45, 2.75) is 44.2 Å². The van der Waals surface area contributed by atoms with Crippen LogP contribution in [-0.2, 0) is 15.9 Å². The van der Waals surface area contributed by atoms with Gasteiger partial charge in [0, 0.05) is 19.0 Å². The number of halogens is 1. The Labute approximate surface area is 196 Å². The molecule has 1 aromatic rings. The van der Waals surface area contributed by atoms with Gasteiger partial charge in [-0.1, -0.05) is 25.0 Å². The van der Waals surface area contributed by atoms with Crippen molar-refractivity contribution in [2.24, 2.45) is 0 Å². The quantitative estimate of drug-likeness (QED) is 0.198. The summed E-state index contributed by atoms with van der Waals surface area (Å²) in [5, 5.41) is 4.81. The first-order valence-corrected chi connectivity index (χ1v) is 13.8. The van der Waals surface area contributed by atoms with Crippen LogP contribution in [0, 0.1) is 0 Å². The van der Waals surface area contributed by atoms with Crippen molar-refractivity contribution >= 4 is 65.1 Å². The van der Waals surface area contributed by atoms with Crippen molar-refractivity contribution in [3.63, 3.8) is 0 Å². The monoisotopic (exact) mass is 511 g/mol. The number of aryl methyl sites for hydroxylation is 1.